The highest BCUT2D eigenvalue weighted by Crippen LogP contribution is 2.28. The minimum absolute atomic E-state index is 0.0121. The van der Waals surface area contributed by atoms with E-state index in [0.29, 0.717) is 5.75 Å². The molecule has 0 radical (unpaired) electrons. The third-order valence-electron chi connectivity index (χ3n) is 2.39. The van der Waals surface area contributed by atoms with E-state index in [4.69, 9.17) is 9.47 Å². The van der Waals surface area contributed by atoms with E-state index in [-0.39, 0.29) is 11.4 Å². The van der Waals surface area contributed by atoms with E-state index >= 15 is 0 Å². The van der Waals surface area contributed by atoms with Gasteiger partial charge >= 0.3 is 0 Å². The summed E-state index contributed by atoms with van der Waals surface area (Å²) in [7, 11) is 2.78. The average Bonchev–Trinajstić information content (AvgIpc) is 2.40. The van der Waals surface area contributed by atoms with Crippen LogP contribution in [0.15, 0.2) is 35.3 Å². The molecular weight excluding hydrogens is 239 g/mol. The Morgan fingerprint density at radius 3 is 2.67 bits per heavy atom. The van der Waals surface area contributed by atoms with Crippen molar-refractivity contribution in [3.8, 4) is 17.2 Å². The summed E-state index contributed by atoms with van der Waals surface area (Å²) in [6.07, 6.45) is 1.40. The third kappa shape index (κ3) is 2.04. The normalized spacial score (nSPS) is 10.2. The van der Waals surface area contributed by atoms with Crippen LogP contribution in [0.4, 0.5) is 4.39 Å². The molecule has 0 spiro atoms. The Morgan fingerprint density at radius 2 is 2.06 bits per heavy atom. The first kappa shape index (κ1) is 12.1. The van der Waals surface area contributed by atoms with Gasteiger partial charge in [-0.05, 0) is 6.07 Å². The summed E-state index contributed by atoms with van der Waals surface area (Å²) >= 11 is 0. The first-order valence-corrected chi connectivity index (χ1v) is 5.13. The Kier molecular flexibility index (Phi) is 3.27. The van der Waals surface area contributed by atoms with Crippen LogP contribution in [0.3, 0.4) is 0 Å². The first-order chi connectivity index (χ1) is 8.67. The van der Waals surface area contributed by atoms with Crippen molar-refractivity contribution in [2.24, 2.45) is 0 Å². The standard InChI is InChI=1S/C12H11FN2O3/c1-17-8-6-9(12(13)10(7-8)18-2)15-11(16)4-3-5-14-15/h3-7H,1-2H3. The number of hydrogen-bond acceptors (Lipinski definition) is 4. The molecule has 1 aromatic heterocycles. The second-order valence-corrected chi connectivity index (χ2v) is 3.44. The maximum Gasteiger partial charge on any atom is 0.271 e. The highest BCUT2D eigenvalue weighted by atomic mass is 19.1. The highest BCUT2D eigenvalue weighted by Gasteiger charge is 2.15. The van der Waals surface area contributed by atoms with Crippen molar-refractivity contribution in [2.45, 2.75) is 0 Å². The molecule has 0 N–H and O–H groups in total. The lowest BCUT2D eigenvalue weighted by molar-refractivity contribution is 0.372. The van der Waals surface area contributed by atoms with Crippen LogP contribution in [-0.2, 0) is 0 Å². The van der Waals surface area contributed by atoms with Crippen LogP contribution in [0.1, 0.15) is 0 Å². The molecule has 0 aliphatic heterocycles. The molecule has 0 saturated carbocycles. The van der Waals surface area contributed by atoms with Gasteiger partial charge in [-0.25, -0.2) is 4.39 Å². The molecule has 94 valence electrons. The van der Waals surface area contributed by atoms with Crippen LogP contribution < -0.4 is 15.0 Å². The molecule has 0 aliphatic rings. The Bertz CT molecular complexity index is 625. The number of hydrogen-bond donors (Lipinski definition) is 0. The minimum atomic E-state index is -0.667. The molecule has 0 bridgehead atoms. The van der Waals surface area contributed by atoms with Gasteiger partial charge in [0.25, 0.3) is 5.56 Å². The number of ether oxygens (including phenoxy) is 2. The minimum Gasteiger partial charge on any atom is -0.497 e. The van der Waals surface area contributed by atoms with Gasteiger partial charge in [0.15, 0.2) is 11.6 Å². The Morgan fingerprint density at radius 1 is 1.28 bits per heavy atom. The molecule has 2 aromatic rings. The van der Waals surface area contributed by atoms with E-state index in [1.165, 1.54) is 44.7 Å². The predicted octanol–water partition coefficient (Wildman–Crippen LogP) is 1.39. The molecule has 0 unspecified atom stereocenters. The second kappa shape index (κ2) is 4.87. The van der Waals surface area contributed by atoms with Crippen molar-refractivity contribution in [3.63, 3.8) is 0 Å². The number of benzene rings is 1. The fourth-order valence-electron chi connectivity index (χ4n) is 1.52. The quantitative estimate of drug-likeness (QED) is 0.826. The van der Waals surface area contributed by atoms with Gasteiger partial charge in [0.1, 0.15) is 11.4 Å². The molecule has 0 aliphatic carbocycles. The molecule has 6 heteroatoms. The summed E-state index contributed by atoms with van der Waals surface area (Å²) in [5.74, 6) is -0.304. The van der Waals surface area contributed by atoms with Crippen LogP contribution in [0.2, 0.25) is 0 Å². The molecule has 2 rings (SSSR count). The van der Waals surface area contributed by atoms with Gasteiger partial charge in [-0.2, -0.15) is 9.78 Å². The number of methoxy groups -OCH3 is 2. The lowest BCUT2D eigenvalue weighted by Crippen LogP contribution is -2.20. The van der Waals surface area contributed by atoms with Gasteiger partial charge in [0, 0.05) is 24.4 Å². The largest absolute Gasteiger partial charge is 0.497 e. The molecule has 18 heavy (non-hydrogen) atoms. The van der Waals surface area contributed by atoms with Gasteiger partial charge in [-0.1, -0.05) is 0 Å². The Hall–Kier alpha value is -2.37. The predicted molar refractivity (Wildman–Crippen MR) is 62.9 cm³/mol. The van der Waals surface area contributed by atoms with Crippen LogP contribution in [0.5, 0.6) is 11.5 Å². The highest BCUT2D eigenvalue weighted by molar-refractivity contribution is 5.47. The lowest BCUT2D eigenvalue weighted by Gasteiger charge is -2.10. The fourth-order valence-corrected chi connectivity index (χ4v) is 1.52. The van der Waals surface area contributed by atoms with Crippen molar-refractivity contribution >= 4 is 0 Å². The molecule has 0 amide bonds. The Labute approximate surface area is 102 Å². The molecule has 5 nitrogen and oxygen atoms in total. The summed E-state index contributed by atoms with van der Waals surface area (Å²) in [6.45, 7) is 0. The lowest BCUT2D eigenvalue weighted by atomic mass is 10.2. The average molecular weight is 250 g/mol. The van der Waals surface area contributed by atoms with Crippen LogP contribution >= 0.6 is 0 Å². The van der Waals surface area contributed by atoms with Crippen molar-refractivity contribution in [2.75, 3.05) is 14.2 Å². The fraction of sp³-hybridized carbons (Fsp3) is 0.167. The number of aromatic nitrogens is 2. The molecule has 0 saturated heterocycles. The van der Waals surface area contributed by atoms with Gasteiger partial charge in [-0.3, -0.25) is 4.79 Å². The molecular formula is C12H11FN2O3. The number of halogens is 1. The number of nitrogens with zero attached hydrogens (tertiary/aromatic N) is 2. The van der Waals surface area contributed by atoms with Crippen molar-refractivity contribution < 1.29 is 13.9 Å². The van der Waals surface area contributed by atoms with E-state index < -0.39 is 11.4 Å². The summed E-state index contributed by atoms with van der Waals surface area (Å²) in [5, 5.41) is 3.81. The van der Waals surface area contributed by atoms with Crippen molar-refractivity contribution in [3.05, 3.63) is 46.6 Å². The summed E-state index contributed by atoms with van der Waals surface area (Å²) < 4.78 is 24.9. The molecule has 1 heterocycles. The van der Waals surface area contributed by atoms with Crippen molar-refractivity contribution in [1.82, 2.24) is 9.78 Å². The zero-order valence-corrected chi connectivity index (χ0v) is 9.88. The summed E-state index contributed by atoms with van der Waals surface area (Å²) in [4.78, 5) is 11.6. The maximum absolute atomic E-state index is 14.1. The topological polar surface area (TPSA) is 53.4 Å². The van der Waals surface area contributed by atoms with E-state index in [2.05, 4.69) is 5.10 Å². The van der Waals surface area contributed by atoms with Gasteiger partial charge < -0.3 is 9.47 Å². The first-order valence-electron chi connectivity index (χ1n) is 5.13. The van der Waals surface area contributed by atoms with Crippen LogP contribution in [-0.4, -0.2) is 24.0 Å². The van der Waals surface area contributed by atoms with Crippen molar-refractivity contribution in [1.29, 1.82) is 0 Å². The van der Waals surface area contributed by atoms with Crippen LogP contribution in [0, 0.1) is 5.82 Å². The third-order valence-corrected chi connectivity index (χ3v) is 2.39. The zero-order chi connectivity index (χ0) is 13.1. The van der Waals surface area contributed by atoms with E-state index in [1.54, 1.807) is 0 Å². The van der Waals surface area contributed by atoms with E-state index in [1.807, 2.05) is 0 Å². The molecule has 1 aromatic carbocycles. The van der Waals surface area contributed by atoms with E-state index in [0.717, 1.165) is 4.68 Å². The maximum atomic E-state index is 14.1. The second-order valence-electron chi connectivity index (χ2n) is 3.44. The Balaban J connectivity index is 2.71. The summed E-state index contributed by atoms with van der Waals surface area (Å²) in [6, 6.07) is 5.55. The van der Waals surface area contributed by atoms with Gasteiger partial charge in [0.2, 0.25) is 0 Å². The monoisotopic (exact) mass is 250 g/mol. The SMILES string of the molecule is COc1cc(OC)c(F)c(-n2ncccc2=O)c1. The summed E-state index contributed by atoms with van der Waals surface area (Å²) in [5.41, 5.74) is -0.455. The number of rotatable bonds is 3. The smallest absolute Gasteiger partial charge is 0.271 e. The zero-order valence-electron chi connectivity index (χ0n) is 9.88. The van der Waals surface area contributed by atoms with E-state index in [9.17, 15) is 9.18 Å². The molecule has 0 atom stereocenters. The van der Waals surface area contributed by atoms with Crippen LogP contribution in [0.25, 0.3) is 5.69 Å². The molecule has 0 fully saturated rings. The van der Waals surface area contributed by atoms with Gasteiger partial charge in [-0.15, -0.1) is 0 Å². The van der Waals surface area contributed by atoms with Gasteiger partial charge in [0.05, 0.1) is 14.2 Å².